The lowest BCUT2D eigenvalue weighted by Crippen LogP contribution is -2.29. The molecule has 1 aromatic rings. The molecule has 0 aromatic heterocycles. The van der Waals surface area contributed by atoms with E-state index in [0.29, 0.717) is 6.04 Å². The van der Waals surface area contributed by atoms with Crippen molar-refractivity contribution in [2.75, 3.05) is 0 Å². The van der Waals surface area contributed by atoms with Gasteiger partial charge >= 0.3 is 0 Å². The molecule has 0 atom stereocenters. The van der Waals surface area contributed by atoms with E-state index in [4.69, 9.17) is 0 Å². The fourth-order valence-corrected chi connectivity index (χ4v) is 2.72. The van der Waals surface area contributed by atoms with Gasteiger partial charge in [0.25, 0.3) is 0 Å². The highest BCUT2D eigenvalue weighted by atomic mass is 14.9. The van der Waals surface area contributed by atoms with Crippen molar-refractivity contribution >= 4 is 11.8 Å². The first-order chi connectivity index (χ1) is 9.94. The highest BCUT2D eigenvalue weighted by Gasteiger charge is 2.13. The third-order valence-corrected chi connectivity index (χ3v) is 4.02. The summed E-state index contributed by atoms with van der Waals surface area (Å²) < 4.78 is 0. The number of nitrogens with one attached hydrogen (secondary N) is 1. The number of hydrogen-bond donors (Lipinski definition) is 1. The zero-order valence-electron chi connectivity index (χ0n) is 13.8. The molecule has 1 aliphatic rings. The van der Waals surface area contributed by atoms with Gasteiger partial charge in [0.15, 0.2) is 0 Å². The molecule has 0 saturated heterocycles. The van der Waals surface area contributed by atoms with Crippen molar-refractivity contribution in [1.29, 1.82) is 0 Å². The van der Waals surface area contributed by atoms with Crippen LogP contribution in [0, 0.1) is 5.41 Å². The van der Waals surface area contributed by atoms with Gasteiger partial charge in [0, 0.05) is 11.7 Å². The first-order valence-electron chi connectivity index (χ1n) is 8.19. The van der Waals surface area contributed by atoms with Crippen LogP contribution in [0.2, 0.25) is 0 Å². The topological polar surface area (TPSA) is 12.0 Å². The van der Waals surface area contributed by atoms with Crippen LogP contribution >= 0.6 is 0 Å². The van der Waals surface area contributed by atoms with E-state index in [1.165, 1.54) is 43.2 Å². The van der Waals surface area contributed by atoms with Crippen molar-refractivity contribution in [2.24, 2.45) is 5.41 Å². The second-order valence-electron chi connectivity index (χ2n) is 7.28. The second-order valence-corrected chi connectivity index (χ2v) is 7.28. The predicted octanol–water partition coefficient (Wildman–Crippen LogP) is 5.64. The lowest BCUT2D eigenvalue weighted by molar-refractivity contribution is 0.409. The molecule has 1 aromatic carbocycles. The first-order valence-corrected chi connectivity index (χ1v) is 8.19. The molecule has 1 N–H and O–H groups in total. The van der Waals surface area contributed by atoms with Crippen molar-refractivity contribution in [3.8, 4) is 0 Å². The van der Waals surface area contributed by atoms with Gasteiger partial charge in [0.2, 0.25) is 0 Å². The Morgan fingerprint density at radius 2 is 1.71 bits per heavy atom. The fourth-order valence-electron chi connectivity index (χ4n) is 2.72. The molecule has 2 rings (SSSR count). The van der Waals surface area contributed by atoms with E-state index in [-0.39, 0.29) is 5.41 Å². The molecule has 1 heteroatoms. The predicted molar refractivity (Wildman–Crippen MR) is 94.0 cm³/mol. The highest BCUT2D eigenvalue weighted by molar-refractivity contribution is 5.64. The van der Waals surface area contributed by atoms with Crippen LogP contribution < -0.4 is 5.32 Å². The maximum atomic E-state index is 4.20. The van der Waals surface area contributed by atoms with Gasteiger partial charge in [-0.05, 0) is 29.4 Å². The molecule has 1 aliphatic carbocycles. The highest BCUT2D eigenvalue weighted by Crippen LogP contribution is 2.21. The number of benzene rings is 1. The molecule has 0 radical (unpaired) electrons. The molecule has 0 spiro atoms. The summed E-state index contributed by atoms with van der Waals surface area (Å²) in [5.74, 6) is 0. The van der Waals surface area contributed by atoms with Crippen molar-refractivity contribution < 1.29 is 0 Å². The summed E-state index contributed by atoms with van der Waals surface area (Å²) >= 11 is 0. The molecule has 1 fully saturated rings. The van der Waals surface area contributed by atoms with Gasteiger partial charge in [0.05, 0.1) is 0 Å². The lowest BCUT2D eigenvalue weighted by atomic mass is 9.94. The van der Waals surface area contributed by atoms with E-state index < -0.39 is 0 Å². The fraction of sp³-hybridized carbons (Fsp3) is 0.500. The standard InChI is InChI=1S/C20H29N/c1-16(21-19-8-6-5-7-9-19)18-12-10-17(11-13-18)14-15-20(2,3)4/h10-15,19,21H,1,5-9H2,2-4H3/b15-14+. The van der Waals surface area contributed by atoms with Crippen LogP contribution in [-0.4, -0.2) is 6.04 Å². The summed E-state index contributed by atoms with van der Waals surface area (Å²) in [5.41, 5.74) is 3.74. The van der Waals surface area contributed by atoms with Crippen molar-refractivity contribution in [3.05, 3.63) is 48.0 Å². The smallest absolute Gasteiger partial charge is 0.0342 e. The summed E-state index contributed by atoms with van der Waals surface area (Å²) in [7, 11) is 0. The van der Waals surface area contributed by atoms with Crippen molar-refractivity contribution in [1.82, 2.24) is 5.32 Å². The summed E-state index contributed by atoms with van der Waals surface area (Å²) in [4.78, 5) is 0. The van der Waals surface area contributed by atoms with Crippen LogP contribution in [0.25, 0.3) is 11.8 Å². The molecular formula is C20H29N. The average Bonchev–Trinajstić information content (AvgIpc) is 2.46. The second kappa shape index (κ2) is 6.98. The number of allylic oxidation sites excluding steroid dienone is 1. The monoisotopic (exact) mass is 283 g/mol. The SMILES string of the molecule is C=C(NC1CCCCC1)c1ccc(/C=C/C(C)(C)C)cc1. The van der Waals surface area contributed by atoms with E-state index in [1.54, 1.807) is 0 Å². The molecule has 0 aliphatic heterocycles. The van der Waals surface area contributed by atoms with E-state index >= 15 is 0 Å². The minimum Gasteiger partial charge on any atom is -0.382 e. The molecular weight excluding hydrogens is 254 g/mol. The zero-order chi connectivity index (χ0) is 15.3. The van der Waals surface area contributed by atoms with Crippen molar-refractivity contribution in [3.63, 3.8) is 0 Å². The zero-order valence-corrected chi connectivity index (χ0v) is 13.8. The van der Waals surface area contributed by atoms with Crippen LogP contribution in [0.4, 0.5) is 0 Å². The quantitative estimate of drug-likeness (QED) is 0.754. The minimum absolute atomic E-state index is 0.227. The molecule has 0 unspecified atom stereocenters. The molecule has 114 valence electrons. The Labute approximate surface area is 130 Å². The average molecular weight is 283 g/mol. The van der Waals surface area contributed by atoms with Crippen LogP contribution in [0.3, 0.4) is 0 Å². The van der Waals surface area contributed by atoms with E-state index in [0.717, 1.165) is 5.70 Å². The van der Waals surface area contributed by atoms with E-state index in [9.17, 15) is 0 Å². The van der Waals surface area contributed by atoms with Gasteiger partial charge in [-0.15, -0.1) is 0 Å². The Balaban J connectivity index is 1.94. The molecule has 1 saturated carbocycles. The summed E-state index contributed by atoms with van der Waals surface area (Å²) in [6, 6.07) is 9.30. The Morgan fingerprint density at radius 3 is 2.29 bits per heavy atom. The molecule has 0 heterocycles. The third kappa shape index (κ3) is 5.41. The third-order valence-electron chi connectivity index (χ3n) is 4.02. The normalized spacial score (nSPS) is 17.1. The lowest BCUT2D eigenvalue weighted by Gasteiger charge is -2.25. The van der Waals surface area contributed by atoms with Gasteiger partial charge in [-0.3, -0.25) is 0 Å². The van der Waals surface area contributed by atoms with Crippen LogP contribution in [0.1, 0.15) is 64.0 Å². The van der Waals surface area contributed by atoms with Gasteiger partial charge in [0.1, 0.15) is 0 Å². The summed E-state index contributed by atoms with van der Waals surface area (Å²) in [5, 5.41) is 3.60. The van der Waals surface area contributed by atoms with Gasteiger partial charge < -0.3 is 5.32 Å². The van der Waals surface area contributed by atoms with Crippen molar-refractivity contribution in [2.45, 2.75) is 58.9 Å². The van der Waals surface area contributed by atoms with Gasteiger partial charge in [-0.1, -0.05) is 83.0 Å². The van der Waals surface area contributed by atoms with E-state index in [2.05, 4.69) is 69.1 Å². The number of hydrogen-bond acceptors (Lipinski definition) is 1. The largest absolute Gasteiger partial charge is 0.382 e. The number of rotatable bonds is 4. The Kier molecular flexibility index (Phi) is 5.27. The Morgan fingerprint density at radius 1 is 1.10 bits per heavy atom. The maximum absolute atomic E-state index is 4.20. The van der Waals surface area contributed by atoms with Gasteiger partial charge in [-0.2, -0.15) is 0 Å². The maximum Gasteiger partial charge on any atom is 0.0342 e. The van der Waals surface area contributed by atoms with E-state index in [1.807, 2.05) is 0 Å². The molecule has 21 heavy (non-hydrogen) atoms. The molecule has 0 bridgehead atoms. The Hall–Kier alpha value is -1.50. The molecule has 0 amide bonds. The molecule has 1 nitrogen and oxygen atoms in total. The Bertz CT molecular complexity index is 482. The van der Waals surface area contributed by atoms with Gasteiger partial charge in [-0.25, -0.2) is 0 Å². The van der Waals surface area contributed by atoms with Crippen LogP contribution in [0.15, 0.2) is 36.9 Å². The van der Waals surface area contributed by atoms with Crippen LogP contribution in [0.5, 0.6) is 0 Å². The first kappa shape index (κ1) is 15.9. The summed E-state index contributed by atoms with van der Waals surface area (Å²) in [6.45, 7) is 10.9. The minimum atomic E-state index is 0.227. The summed E-state index contributed by atoms with van der Waals surface area (Å²) in [6.07, 6.45) is 11.1. The van der Waals surface area contributed by atoms with Crippen LogP contribution in [-0.2, 0) is 0 Å².